The molecule has 1 spiro atoms. The number of nitrogens with zero attached hydrogens (tertiary/aromatic N) is 2. The second kappa shape index (κ2) is 7.52. The van der Waals surface area contributed by atoms with Crippen molar-refractivity contribution in [1.82, 2.24) is 15.2 Å². The summed E-state index contributed by atoms with van der Waals surface area (Å²) in [6.07, 6.45) is 7.48. The van der Waals surface area contributed by atoms with Gasteiger partial charge in [-0.1, -0.05) is 19.9 Å². The van der Waals surface area contributed by atoms with Gasteiger partial charge in [-0.3, -0.25) is 19.5 Å². The quantitative estimate of drug-likeness (QED) is 0.908. The maximum Gasteiger partial charge on any atom is 0.245 e. The van der Waals surface area contributed by atoms with E-state index >= 15 is 0 Å². The Morgan fingerprint density at radius 3 is 2.80 bits per heavy atom. The van der Waals surface area contributed by atoms with Crippen LogP contribution in [0.4, 0.5) is 0 Å². The normalized spacial score (nSPS) is 29.0. The summed E-state index contributed by atoms with van der Waals surface area (Å²) in [7, 11) is 0. The zero-order valence-corrected chi connectivity index (χ0v) is 15.0. The average Bonchev–Trinajstić information content (AvgIpc) is 3.01. The number of aromatic nitrogens is 1. The van der Waals surface area contributed by atoms with Crippen LogP contribution in [0.2, 0.25) is 0 Å². The molecule has 0 bridgehead atoms. The van der Waals surface area contributed by atoms with Crippen molar-refractivity contribution in [3.05, 3.63) is 30.1 Å². The Hall–Kier alpha value is -1.95. The van der Waals surface area contributed by atoms with Crippen molar-refractivity contribution < 1.29 is 14.3 Å². The van der Waals surface area contributed by atoms with Gasteiger partial charge in [0.25, 0.3) is 0 Å². The molecule has 2 amide bonds. The van der Waals surface area contributed by atoms with E-state index < -0.39 is 11.8 Å². The Kier molecular flexibility index (Phi) is 5.37. The van der Waals surface area contributed by atoms with Crippen LogP contribution < -0.4 is 5.32 Å². The van der Waals surface area contributed by atoms with Gasteiger partial charge in [0.2, 0.25) is 11.8 Å². The second-order valence-electron chi connectivity index (χ2n) is 7.15. The minimum atomic E-state index is -0.587. The van der Waals surface area contributed by atoms with Crippen molar-refractivity contribution >= 4 is 11.8 Å². The van der Waals surface area contributed by atoms with Gasteiger partial charge in [-0.25, -0.2) is 0 Å². The van der Waals surface area contributed by atoms with E-state index in [1.807, 2.05) is 19.1 Å². The van der Waals surface area contributed by atoms with Crippen molar-refractivity contribution in [3.63, 3.8) is 0 Å². The first-order valence-electron chi connectivity index (χ1n) is 9.18. The molecular formula is C19H27N3O3. The zero-order valence-electron chi connectivity index (χ0n) is 15.0. The molecule has 2 aliphatic rings. The molecule has 1 N–H and O–H groups in total. The van der Waals surface area contributed by atoms with E-state index in [4.69, 9.17) is 4.74 Å². The molecule has 1 saturated heterocycles. The van der Waals surface area contributed by atoms with Gasteiger partial charge in [-0.05, 0) is 43.2 Å². The van der Waals surface area contributed by atoms with Crippen LogP contribution in [0, 0.1) is 5.92 Å². The standard InChI is InChI=1S/C19H27N3O3/c1-3-17(23)22-16(13-25-19(22)8-6-14(2)7-9-19)18(24)21-12-15-5-4-10-20-11-15/h4-5,10-11,14,16H,3,6-9,12-13H2,1-2H3,(H,21,24). The maximum atomic E-state index is 12.7. The highest BCUT2D eigenvalue weighted by molar-refractivity contribution is 5.88. The highest BCUT2D eigenvalue weighted by Gasteiger charge is 2.52. The van der Waals surface area contributed by atoms with E-state index in [1.54, 1.807) is 17.3 Å². The van der Waals surface area contributed by atoms with Crippen LogP contribution in [-0.4, -0.2) is 40.1 Å². The van der Waals surface area contributed by atoms with Crippen molar-refractivity contribution in [2.24, 2.45) is 5.92 Å². The van der Waals surface area contributed by atoms with Gasteiger partial charge in [-0.2, -0.15) is 0 Å². The molecule has 1 aliphatic carbocycles. The molecule has 136 valence electrons. The minimum Gasteiger partial charge on any atom is -0.353 e. The van der Waals surface area contributed by atoms with Gasteiger partial charge in [-0.15, -0.1) is 0 Å². The van der Waals surface area contributed by atoms with Gasteiger partial charge in [0.1, 0.15) is 11.8 Å². The lowest BCUT2D eigenvalue weighted by Gasteiger charge is -2.43. The van der Waals surface area contributed by atoms with Crippen LogP contribution >= 0.6 is 0 Å². The molecule has 1 atom stereocenters. The molecule has 0 radical (unpaired) electrons. The summed E-state index contributed by atoms with van der Waals surface area (Å²) < 4.78 is 6.08. The molecule has 1 aromatic rings. The van der Waals surface area contributed by atoms with Gasteiger partial charge < -0.3 is 10.1 Å². The SMILES string of the molecule is CCC(=O)N1C(C(=O)NCc2cccnc2)COC12CCC(C)CC2. The number of rotatable bonds is 4. The lowest BCUT2D eigenvalue weighted by atomic mass is 9.83. The first-order valence-corrected chi connectivity index (χ1v) is 9.18. The van der Waals surface area contributed by atoms with E-state index in [1.165, 1.54) is 0 Å². The molecule has 1 aromatic heterocycles. The lowest BCUT2D eigenvalue weighted by Crippen LogP contribution is -2.56. The van der Waals surface area contributed by atoms with Gasteiger partial charge >= 0.3 is 0 Å². The first-order chi connectivity index (χ1) is 12.1. The molecule has 25 heavy (non-hydrogen) atoms. The Balaban J connectivity index is 1.71. The van der Waals surface area contributed by atoms with E-state index in [0.717, 1.165) is 31.2 Å². The predicted octanol–water partition coefficient (Wildman–Crippen LogP) is 2.24. The van der Waals surface area contributed by atoms with E-state index in [0.29, 0.717) is 18.9 Å². The number of carbonyl (C=O) groups is 2. The largest absolute Gasteiger partial charge is 0.353 e. The Morgan fingerprint density at radius 1 is 1.40 bits per heavy atom. The van der Waals surface area contributed by atoms with Crippen molar-refractivity contribution in [2.45, 2.75) is 64.3 Å². The number of pyridine rings is 1. The highest BCUT2D eigenvalue weighted by Crippen LogP contribution is 2.42. The monoisotopic (exact) mass is 345 g/mol. The molecule has 6 heteroatoms. The summed E-state index contributed by atoms with van der Waals surface area (Å²) in [5.41, 5.74) is 0.347. The maximum absolute atomic E-state index is 12.7. The Bertz CT molecular complexity index is 612. The minimum absolute atomic E-state index is 0.00594. The number of hydrogen-bond donors (Lipinski definition) is 1. The second-order valence-corrected chi connectivity index (χ2v) is 7.15. The summed E-state index contributed by atoms with van der Waals surface area (Å²) in [4.78, 5) is 31.1. The van der Waals surface area contributed by atoms with Crippen LogP contribution in [0.3, 0.4) is 0 Å². The summed E-state index contributed by atoms with van der Waals surface area (Å²) in [6.45, 7) is 4.75. The smallest absolute Gasteiger partial charge is 0.245 e. The van der Waals surface area contributed by atoms with Gasteiger partial charge in [0.05, 0.1) is 6.61 Å². The van der Waals surface area contributed by atoms with Crippen LogP contribution in [0.25, 0.3) is 0 Å². The fourth-order valence-corrected chi connectivity index (χ4v) is 3.83. The summed E-state index contributed by atoms with van der Waals surface area (Å²) >= 11 is 0. The molecule has 1 aliphatic heterocycles. The third kappa shape index (κ3) is 3.68. The van der Waals surface area contributed by atoms with Crippen LogP contribution in [-0.2, 0) is 20.9 Å². The van der Waals surface area contributed by atoms with Crippen molar-refractivity contribution in [1.29, 1.82) is 0 Å². The zero-order chi connectivity index (χ0) is 17.9. The van der Waals surface area contributed by atoms with Crippen molar-refractivity contribution in [3.8, 4) is 0 Å². The summed E-state index contributed by atoms with van der Waals surface area (Å²) in [6, 6.07) is 3.21. The third-order valence-electron chi connectivity index (χ3n) is 5.38. The topological polar surface area (TPSA) is 71.5 Å². The van der Waals surface area contributed by atoms with E-state index in [-0.39, 0.29) is 18.4 Å². The van der Waals surface area contributed by atoms with Crippen LogP contribution in [0.5, 0.6) is 0 Å². The highest BCUT2D eigenvalue weighted by atomic mass is 16.5. The number of hydrogen-bond acceptors (Lipinski definition) is 4. The first kappa shape index (κ1) is 17.9. The van der Waals surface area contributed by atoms with E-state index in [2.05, 4.69) is 17.2 Å². The third-order valence-corrected chi connectivity index (χ3v) is 5.38. The molecule has 2 heterocycles. The van der Waals surface area contributed by atoms with E-state index in [9.17, 15) is 9.59 Å². The Morgan fingerprint density at radius 2 is 2.16 bits per heavy atom. The summed E-state index contributed by atoms with van der Waals surface area (Å²) in [5.74, 6) is 0.487. The number of ether oxygens (including phenoxy) is 1. The molecular weight excluding hydrogens is 318 g/mol. The molecule has 1 unspecified atom stereocenters. The fourth-order valence-electron chi connectivity index (χ4n) is 3.83. The van der Waals surface area contributed by atoms with Crippen LogP contribution in [0.15, 0.2) is 24.5 Å². The molecule has 1 saturated carbocycles. The van der Waals surface area contributed by atoms with Crippen molar-refractivity contribution in [2.75, 3.05) is 6.61 Å². The van der Waals surface area contributed by atoms with Crippen LogP contribution in [0.1, 0.15) is 51.5 Å². The number of carbonyl (C=O) groups excluding carboxylic acids is 2. The summed E-state index contributed by atoms with van der Waals surface area (Å²) in [5, 5.41) is 2.93. The van der Waals surface area contributed by atoms with Gasteiger partial charge in [0, 0.05) is 25.4 Å². The Labute approximate surface area is 148 Å². The number of amides is 2. The molecule has 2 fully saturated rings. The number of nitrogens with one attached hydrogen (secondary N) is 1. The lowest BCUT2D eigenvalue weighted by molar-refractivity contribution is -0.161. The molecule has 3 rings (SSSR count). The molecule has 6 nitrogen and oxygen atoms in total. The van der Waals surface area contributed by atoms with Gasteiger partial charge in [0.15, 0.2) is 0 Å². The average molecular weight is 345 g/mol. The molecule has 0 aromatic carbocycles. The fraction of sp³-hybridized carbons (Fsp3) is 0.632. The predicted molar refractivity (Wildman–Crippen MR) is 93.3 cm³/mol.